The molecule has 0 heterocycles. The second-order valence-corrected chi connectivity index (χ2v) is 4.49. The zero-order valence-electron chi connectivity index (χ0n) is 11.1. The Kier molecular flexibility index (Phi) is 4.00. The van der Waals surface area contributed by atoms with Crippen LogP contribution in [0.1, 0.15) is 24.1 Å². The number of nitrogens with one attached hydrogen (secondary N) is 1. The van der Waals surface area contributed by atoms with E-state index in [1.54, 1.807) is 0 Å². The van der Waals surface area contributed by atoms with Crippen LogP contribution in [0.15, 0.2) is 48.5 Å². The lowest BCUT2D eigenvalue weighted by molar-refractivity contribution is 0.482. The van der Waals surface area contributed by atoms with Crippen molar-refractivity contribution in [2.75, 3.05) is 7.05 Å². The molecule has 0 saturated carbocycles. The summed E-state index contributed by atoms with van der Waals surface area (Å²) in [5.41, 5.74) is 2.49. The van der Waals surface area contributed by atoms with Crippen molar-refractivity contribution in [1.82, 2.24) is 5.32 Å². The third-order valence-corrected chi connectivity index (χ3v) is 3.07. The van der Waals surface area contributed by atoms with Gasteiger partial charge in [-0.3, -0.25) is 0 Å². The van der Waals surface area contributed by atoms with Gasteiger partial charge >= 0.3 is 0 Å². The summed E-state index contributed by atoms with van der Waals surface area (Å²) >= 11 is 0. The van der Waals surface area contributed by atoms with E-state index in [1.807, 2.05) is 43.4 Å². The first-order valence-electron chi connectivity index (χ1n) is 6.21. The Labute approximate surface area is 109 Å². The normalized spacial score (nSPS) is 12.2. The summed E-state index contributed by atoms with van der Waals surface area (Å²) in [5.74, 6) is 1.74. The van der Waals surface area contributed by atoms with Gasteiger partial charge in [-0.25, -0.2) is 0 Å². The Balaban J connectivity index is 2.08. The van der Waals surface area contributed by atoms with Crippen molar-refractivity contribution < 1.29 is 4.74 Å². The maximum Gasteiger partial charge on any atom is 0.127 e. The molecule has 94 valence electrons. The van der Waals surface area contributed by atoms with Crippen LogP contribution in [-0.2, 0) is 0 Å². The molecular formula is C16H19NO. The molecule has 0 aliphatic rings. The minimum absolute atomic E-state index is 0.360. The molecule has 0 aliphatic carbocycles. The Morgan fingerprint density at radius 3 is 1.89 bits per heavy atom. The average Bonchev–Trinajstić information content (AvgIpc) is 2.41. The molecule has 0 fully saturated rings. The molecule has 2 aromatic carbocycles. The van der Waals surface area contributed by atoms with Crippen LogP contribution in [0.3, 0.4) is 0 Å². The van der Waals surface area contributed by atoms with Crippen molar-refractivity contribution >= 4 is 0 Å². The van der Waals surface area contributed by atoms with E-state index in [4.69, 9.17) is 4.74 Å². The smallest absolute Gasteiger partial charge is 0.127 e. The Bertz CT molecular complexity index is 488. The Morgan fingerprint density at radius 1 is 0.889 bits per heavy atom. The van der Waals surface area contributed by atoms with Crippen molar-refractivity contribution in [2.24, 2.45) is 0 Å². The highest BCUT2D eigenvalue weighted by Crippen LogP contribution is 2.23. The van der Waals surface area contributed by atoms with E-state index >= 15 is 0 Å². The van der Waals surface area contributed by atoms with Gasteiger partial charge < -0.3 is 10.1 Å². The van der Waals surface area contributed by atoms with Crippen molar-refractivity contribution in [2.45, 2.75) is 19.9 Å². The lowest BCUT2D eigenvalue weighted by Crippen LogP contribution is -2.11. The Hall–Kier alpha value is -1.80. The standard InChI is InChI=1S/C16H19NO/c1-12-4-8-15(9-5-12)18-16-10-6-14(7-11-16)13(2)17-3/h4-11,13,17H,1-3H3. The third kappa shape index (κ3) is 3.11. The number of hydrogen-bond acceptors (Lipinski definition) is 2. The summed E-state index contributed by atoms with van der Waals surface area (Å²) in [5, 5.41) is 3.22. The highest BCUT2D eigenvalue weighted by atomic mass is 16.5. The van der Waals surface area contributed by atoms with Gasteiger partial charge in [0.05, 0.1) is 0 Å². The third-order valence-electron chi connectivity index (χ3n) is 3.07. The first-order valence-corrected chi connectivity index (χ1v) is 6.21. The molecule has 0 radical (unpaired) electrons. The highest BCUT2D eigenvalue weighted by Gasteiger charge is 2.02. The Morgan fingerprint density at radius 2 is 1.39 bits per heavy atom. The van der Waals surface area contributed by atoms with E-state index in [0.717, 1.165) is 11.5 Å². The van der Waals surface area contributed by atoms with Crippen LogP contribution in [0, 0.1) is 6.92 Å². The van der Waals surface area contributed by atoms with Crippen molar-refractivity contribution in [1.29, 1.82) is 0 Å². The van der Waals surface area contributed by atoms with Crippen LogP contribution < -0.4 is 10.1 Å². The molecule has 0 aliphatic heterocycles. The summed E-state index contributed by atoms with van der Waals surface area (Å²) < 4.78 is 5.78. The van der Waals surface area contributed by atoms with E-state index in [1.165, 1.54) is 11.1 Å². The quantitative estimate of drug-likeness (QED) is 0.871. The second-order valence-electron chi connectivity index (χ2n) is 4.49. The predicted molar refractivity (Wildman–Crippen MR) is 75.2 cm³/mol. The molecule has 0 saturated heterocycles. The monoisotopic (exact) mass is 241 g/mol. The summed E-state index contributed by atoms with van der Waals surface area (Å²) in [6.07, 6.45) is 0. The molecular weight excluding hydrogens is 222 g/mol. The lowest BCUT2D eigenvalue weighted by Gasteiger charge is -2.11. The number of ether oxygens (including phenoxy) is 1. The summed E-state index contributed by atoms with van der Waals surface area (Å²) in [7, 11) is 1.96. The van der Waals surface area contributed by atoms with Gasteiger partial charge in [-0.1, -0.05) is 29.8 Å². The number of aryl methyl sites for hydroxylation is 1. The molecule has 2 heteroatoms. The largest absolute Gasteiger partial charge is 0.457 e. The zero-order valence-corrected chi connectivity index (χ0v) is 11.1. The van der Waals surface area contributed by atoms with Crippen molar-refractivity contribution in [3.8, 4) is 11.5 Å². The van der Waals surface area contributed by atoms with Gasteiger partial charge in [0.25, 0.3) is 0 Å². The molecule has 2 aromatic rings. The topological polar surface area (TPSA) is 21.3 Å². The fourth-order valence-electron chi connectivity index (χ4n) is 1.73. The molecule has 18 heavy (non-hydrogen) atoms. The molecule has 1 unspecified atom stereocenters. The van der Waals surface area contributed by atoms with Gasteiger partial charge in [0, 0.05) is 6.04 Å². The summed E-state index contributed by atoms with van der Waals surface area (Å²) in [4.78, 5) is 0. The van der Waals surface area contributed by atoms with Gasteiger partial charge in [0.2, 0.25) is 0 Å². The maximum atomic E-state index is 5.78. The van der Waals surface area contributed by atoms with Gasteiger partial charge in [0.15, 0.2) is 0 Å². The first kappa shape index (κ1) is 12.7. The molecule has 0 bridgehead atoms. The van der Waals surface area contributed by atoms with Gasteiger partial charge in [-0.2, -0.15) is 0 Å². The number of hydrogen-bond donors (Lipinski definition) is 1. The molecule has 2 rings (SSSR count). The molecule has 0 spiro atoms. The van der Waals surface area contributed by atoms with E-state index in [-0.39, 0.29) is 0 Å². The molecule has 1 N–H and O–H groups in total. The molecule has 1 atom stereocenters. The van der Waals surface area contributed by atoms with Crippen LogP contribution in [0.25, 0.3) is 0 Å². The number of benzene rings is 2. The van der Waals surface area contributed by atoms with Crippen LogP contribution in [-0.4, -0.2) is 7.05 Å². The molecule has 2 nitrogen and oxygen atoms in total. The maximum absolute atomic E-state index is 5.78. The molecule has 0 aromatic heterocycles. The summed E-state index contributed by atoms with van der Waals surface area (Å²) in [6.45, 7) is 4.20. The van der Waals surface area contributed by atoms with Crippen molar-refractivity contribution in [3.63, 3.8) is 0 Å². The lowest BCUT2D eigenvalue weighted by atomic mass is 10.1. The minimum Gasteiger partial charge on any atom is -0.457 e. The molecule has 0 amide bonds. The fraction of sp³-hybridized carbons (Fsp3) is 0.250. The van der Waals surface area contributed by atoms with E-state index in [0.29, 0.717) is 6.04 Å². The second kappa shape index (κ2) is 5.69. The van der Waals surface area contributed by atoms with E-state index in [9.17, 15) is 0 Å². The minimum atomic E-state index is 0.360. The average molecular weight is 241 g/mol. The van der Waals surface area contributed by atoms with Crippen LogP contribution in [0.2, 0.25) is 0 Å². The van der Waals surface area contributed by atoms with Crippen LogP contribution in [0.5, 0.6) is 11.5 Å². The van der Waals surface area contributed by atoms with Gasteiger partial charge in [-0.15, -0.1) is 0 Å². The van der Waals surface area contributed by atoms with Gasteiger partial charge in [0.1, 0.15) is 11.5 Å². The zero-order chi connectivity index (χ0) is 13.0. The predicted octanol–water partition coefficient (Wildman–Crippen LogP) is 4.07. The van der Waals surface area contributed by atoms with Crippen LogP contribution in [0.4, 0.5) is 0 Å². The summed E-state index contributed by atoms with van der Waals surface area (Å²) in [6, 6.07) is 16.6. The SMILES string of the molecule is CNC(C)c1ccc(Oc2ccc(C)cc2)cc1. The van der Waals surface area contributed by atoms with Crippen LogP contribution >= 0.6 is 0 Å². The van der Waals surface area contributed by atoms with E-state index < -0.39 is 0 Å². The fourth-order valence-corrected chi connectivity index (χ4v) is 1.73. The van der Waals surface area contributed by atoms with Crippen molar-refractivity contribution in [3.05, 3.63) is 59.7 Å². The van der Waals surface area contributed by atoms with Gasteiger partial charge in [-0.05, 0) is 50.7 Å². The highest BCUT2D eigenvalue weighted by molar-refractivity contribution is 5.34. The first-order chi connectivity index (χ1) is 8.69. The number of rotatable bonds is 4. The van der Waals surface area contributed by atoms with E-state index in [2.05, 4.69) is 31.3 Å².